The van der Waals surface area contributed by atoms with E-state index in [9.17, 15) is 4.79 Å². The number of hydrogen-bond donors (Lipinski definition) is 2. The SMILES string of the molecule is CNC(=O)NC[C@@H]1CCCN(c2ncnc3c(C)cc(-c4ccc(OC)nc4)cc23)C1. The molecule has 0 bridgehead atoms. The number of rotatable bonds is 5. The van der Waals surface area contributed by atoms with Crippen LogP contribution in [0.25, 0.3) is 22.0 Å². The molecule has 3 heterocycles. The van der Waals surface area contributed by atoms with Crippen LogP contribution in [-0.4, -0.2) is 54.8 Å². The van der Waals surface area contributed by atoms with Crippen LogP contribution in [0, 0.1) is 12.8 Å². The molecule has 0 radical (unpaired) electrons. The predicted octanol–water partition coefficient (Wildman–Crippen LogP) is 3.15. The highest BCUT2D eigenvalue weighted by atomic mass is 16.5. The minimum Gasteiger partial charge on any atom is -0.481 e. The molecule has 2 amide bonds. The van der Waals surface area contributed by atoms with E-state index in [4.69, 9.17) is 4.74 Å². The quantitative estimate of drug-likeness (QED) is 0.659. The summed E-state index contributed by atoms with van der Waals surface area (Å²) in [5.41, 5.74) is 4.15. The van der Waals surface area contributed by atoms with Crippen molar-refractivity contribution >= 4 is 22.8 Å². The Kier molecular flexibility index (Phi) is 6.16. The van der Waals surface area contributed by atoms with Gasteiger partial charge in [-0.1, -0.05) is 0 Å². The largest absolute Gasteiger partial charge is 0.481 e. The van der Waals surface area contributed by atoms with Gasteiger partial charge in [0.15, 0.2) is 0 Å². The second kappa shape index (κ2) is 9.16. The molecule has 1 saturated heterocycles. The van der Waals surface area contributed by atoms with Gasteiger partial charge in [0.05, 0.1) is 12.6 Å². The van der Waals surface area contributed by atoms with E-state index in [0.717, 1.165) is 59.3 Å². The average Bonchev–Trinajstić information content (AvgIpc) is 2.82. The third kappa shape index (κ3) is 4.52. The van der Waals surface area contributed by atoms with Crippen LogP contribution in [0.1, 0.15) is 18.4 Å². The van der Waals surface area contributed by atoms with Crippen molar-refractivity contribution in [1.82, 2.24) is 25.6 Å². The maximum absolute atomic E-state index is 11.6. The summed E-state index contributed by atoms with van der Waals surface area (Å²) in [6, 6.07) is 8.02. The van der Waals surface area contributed by atoms with E-state index in [2.05, 4.69) is 49.5 Å². The third-order valence-electron chi connectivity index (χ3n) is 5.78. The lowest BCUT2D eigenvalue weighted by Gasteiger charge is -2.34. The summed E-state index contributed by atoms with van der Waals surface area (Å²) in [4.78, 5) is 27.4. The van der Waals surface area contributed by atoms with Crippen LogP contribution < -0.4 is 20.3 Å². The minimum atomic E-state index is -0.141. The lowest BCUT2D eigenvalue weighted by atomic mass is 9.97. The molecule has 1 aliphatic rings. The Hall–Kier alpha value is -3.42. The first-order chi connectivity index (χ1) is 15.1. The number of aromatic nitrogens is 3. The van der Waals surface area contributed by atoms with E-state index >= 15 is 0 Å². The molecule has 0 unspecified atom stereocenters. The molecular formula is C23H28N6O2. The van der Waals surface area contributed by atoms with Crippen molar-refractivity contribution in [2.45, 2.75) is 19.8 Å². The van der Waals surface area contributed by atoms with E-state index in [1.807, 2.05) is 18.3 Å². The third-order valence-corrected chi connectivity index (χ3v) is 5.78. The highest BCUT2D eigenvalue weighted by Crippen LogP contribution is 2.33. The monoisotopic (exact) mass is 420 g/mol. The van der Waals surface area contributed by atoms with Crippen molar-refractivity contribution in [2.75, 3.05) is 38.7 Å². The Morgan fingerprint density at radius 2 is 2.10 bits per heavy atom. The van der Waals surface area contributed by atoms with Gasteiger partial charge in [0.25, 0.3) is 0 Å². The fourth-order valence-electron chi connectivity index (χ4n) is 4.17. The molecular weight excluding hydrogens is 392 g/mol. The van der Waals surface area contributed by atoms with Crippen LogP contribution in [0.15, 0.2) is 36.8 Å². The van der Waals surface area contributed by atoms with Gasteiger partial charge in [-0.05, 0) is 55.0 Å². The molecule has 1 aromatic carbocycles. The number of pyridine rings is 1. The van der Waals surface area contributed by atoms with Crippen molar-refractivity contribution in [3.63, 3.8) is 0 Å². The summed E-state index contributed by atoms with van der Waals surface area (Å²) >= 11 is 0. The number of benzene rings is 1. The molecule has 0 aliphatic carbocycles. The van der Waals surface area contributed by atoms with E-state index in [1.165, 1.54) is 0 Å². The van der Waals surface area contributed by atoms with Gasteiger partial charge in [-0.15, -0.1) is 0 Å². The molecule has 2 N–H and O–H groups in total. The first kappa shape index (κ1) is 20.8. The van der Waals surface area contributed by atoms with E-state index in [0.29, 0.717) is 18.3 Å². The van der Waals surface area contributed by atoms with E-state index in [1.54, 1.807) is 20.5 Å². The Morgan fingerprint density at radius 1 is 1.23 bits per heavy atom. The highest BCUT2D eigenvalue weighted by Gasteiger charge is 2.23. The molecule has 2 aromatic heterocycles. The van der Waals surface area contributed by atoms with E-state index in [-0.39, 0.29) is 6.03 Å². The summed E-state index contributed by atoms with van der Waals surface area (Å²) in [5, 5.41) is 6.58. The lowest BCUT2D eigenvalue weighted by Crippen LogP contribution is -2.43. The zero-order chi connectivity index (χ0) is 21.8. The molecule has 162 valence electrons. The maximum Gasteiger partial charge on any atom is 0.314 e. The molecule has 31 heavy (non-hydrogen) atoms. The number of methoxy groups -OCH3 is 1. The highest BCUT2D eigenvalue weighted by molar-refractivity contribution is 5.95. The van der Waals surface area contributed by atoms with Crippen molar-refractivity contribution in [3.05, 3.63) is 42.4 Å². The molecule has 8 nitrogen and oxygen atoms in total. The summed E-state index contributed by atoms with van der Waals surface area (Å²) in [5.74, 6) is 1.92. The summed E-state index contributed by atoms with van der Waals surface area (Å²) < 4.78 is 5.18. The Bertz CT molecular complexity index is 1070. The fraction of sp³-hybridized carbons (Fsp3) is 0.391. The van der Waals surface area contributed by atoms with Gasteiger partial charge in [-0.25, -0.2) is 19.7 Å². The van der Waals surface area contributed by atoms with Gasteiger partial charge in [-0.3, -0.25) is 0 Å². The van der Waals surface area contributed by atoms with Gasteiger partial charge < -0.3 is 20.3 Å². The number of carbonyl (C=O) groups is 1. The topological polar surface area (TPSA) is 92.3 Å². The number of fused-ring (bicyclic) bond motifs is 1. The number of hydrogen-bond acceptors (Lipinski definition) is 6. The number of nitrogens with one attached hydrogen (secondary N) is 2. The number of aryl methyl sites for hydroxylation is 1. The van der Waals surface area contributed by atoms with Gasteiger partial charge >= 0.3 is 6.03 Å². The van der Waals surface area contributed by atoms with E-state index < -0.39 is 0 Å². The molecule has 8 heteroatoms. The lowest BCUT2D eigenvalue weighted by molar-refractivity contribution is 0.240. The Labute approximate surface area is 182 Å². The standard InChI is InChI=1S/C23H28N6O2/c1-15-9-18(17-6-7-20(31-3)25-12-17)10-19-21(15)27-14-28-22(19)29-8-4-5-16(13-29)11-26-23(30)24-2/h6-7,9-10,12,14,16H,4-5,8,11,13H2,1-3H3,(H2,24,26,30)/t16-/m0/s1. The zero-order valence-corrected chi connectivity index (χ0v) is 18.2. The number of carbonyl (C=O) groups excluding carboxylic acids is 1. The Morgan fingerprint density at radius 3 is 2.84 bits per heavy atom. The second-order valence-electron chi connectivity index (χ2n) is 7.89. The summed E-state index contributed by atoms with van der Waals surface area (Å²) in [7, 11) is 3.25. The van der Waals surface area contributed by atoms with Crippen LogP contribution in [0.2, 0.25) is 0 Å². The van der Waals surface area contributed by atoms with Gasteiger partial charge in [-0.2, -0.15) is 0 Å². The number of nitrogens with zero attached hydrogens (tertiary/aromatic N) is 4. The van der Waals surface area contributed by atoms with Gasteiger partial charge in [0.1, 0.15) is 12.1 Å². The molecule has 1 atom stereocenters. The van der Waals surface area contributed by atoms with Gasteiger partial charge in [0, 0.05) is 49.9 Å². The zero-order valence-electron chi connectivity index (χ0n) is 18.2. The minimum absolute atomic E-state index is 0.141. The van der Waals surface area contributed by atoms with Crippen LogP contribution in [0.4, 0.5) is 10.6 Å². The molecule has 0 saturated carbocycles. The number of urea groups is 1. The first-order valence-corrected chi connectivity index (χ1v) is 10.6. The summed E-state index contributed by atoms with van der Waals surface area (Å²) in [6.45, 7) is 4.52. The second-order valence-corrected chi connectivity index (χ2v) is 7.89. The predicted molar refractivity (Wildman–Crippen MR) is 121 cm³/mol. The van der Waals surface area contributed by atoms with Crippen LogP contribution in [0.5, 0.6) is 5.88 Å². The molecule has 1 aliphatic heterocycles. The Balaban J connectivity index is 1.66. The van der Waals surface area contributed by atoms with Crippen molar-refractivity contribution < 1.29 is 9.53 Å². The van der Waals surface area contributed by atoms with Gasteiger partial charge in [0.2, 0.25) is 5.88 Å². The number of anilines is 1. The van der Waals surface area contributed by atoms with Crippen LogP contribution >= 0.6 is 0 Å². The fourth-order valence-corrected chi connectivity index (χ4v) is 4.17. The first-order valence-electron chi connectivity index (χ1n) is 10.6. The number of ether oxygens (including phenoxy) is 1. The molecule has 3 aromatic rings. The summed E-state index contributed by atoms with van der Waals surface area (Å²) in [6.07, 6.45) is 5.62. The van der Waals surface area contributed by atoms with Crippen molar-refractivity contribution in [1.29, 1.82) is 0 Å². The van der Waals surface area contributed by atoms with Crippen LogP contribution in [0.3, 0.4) is 0 Å². The smallest absolute Gasteiger partial charge is 0.314 e. The van der Waals surface area contributed by atoms with Crippen molar-refractivity contribution in [2.24, 2.45) is 5.92 Å². The molecule has 4 rings (SSSR count). The number of amides is 2. The van der Waals surface area contributed by atoms with Crippen LogP contribution in [-0.2, 0) is 0 Å². The molecule has 0 spiro atoms. The van der Waals surface area contributed by atoms with Crippen molar-refractivity contribution in [3.8, 4) is 17.0 Å². The maximum atomic E-state index is 11.6. The molecule has 1 fully saturated rings. The number of piperidine rings is 1. The normalized spacial score (nSPS) is 16.2. The average molecular weight is 421 g/mol.